The number of carbonyl (C=O) groups is 2. The van der Waals surface area contributed by atoms with E-state index in [1.807, 2.05) is 0 Å². The van der Waals surface area contributed by atoms with Gasteiger partial charge in [0.15, 0.2) is 0 Å². The van der Waals surface area contributed by atoms with Crippen molar-refractivity contribution >= 4 is 33.5 Å². The van der Waals surface area contributed by atoms with Crippen LogP contribution in [0.4, 0.5) is 5.69 Å². The lowest BCUT2D eigenvalue weighted by Gasteiger charge is -2.29. The van der Waals surface area contributed by atoms with Crippen LogP contribution >= 0.6 is 15.9 Å². The number of halogens is 1. The zero-order valence-corrected chi connectivity index (χ0v) is 13.2. The number of rotatable bonds is 5. The molecule has 0 bridgehead atoms. The van der Waals surface area contributed by atoms with E-state index < -0.39 is 11.9 Å². The first-order valence-electron chi connectivity index (χ1n) is 7.05. The summed E-state index contributed by atoms with van der Waals surface area (Å²) in [5, 5.41) is 12.5. The summed E-state index contributed by atoms with van der Waals surface area (Å²) in [6, 6.07) is 5.23. The predicted octanol–water partition coefficient (Wildman–Crippen LogP) is 2.85. The lowest BCUT2D eigenvalue weighted by molar-refractivity contribution is -0.144. The topological polar surface area (TPSA) is 92.4 Å². The molecule has 1 aromatic rings. The van der Waals surface area contributed by atoms with Crippen LogP contribution in [0.5, 0.6) is 0 Å². The van der Waals surface area contributed by atoms with Crippen molar-refractivity contribution in [1.29, 1.82) is 0 Å². The second kappa shape index (κ2) is 6.93. The Labute approximate surface area is 132 Å². The van der Waals surface area contributed by atoms with Crippen molar-refractivity contribution < 1.29 is 14.7 Å². The maximum absolute atomic E-state index is 11.3. The molecule has 0 heterocycles. The molecule has 1 aliphatic rings. The van der Waals surface area contributed by atoms with Crippen LogP contribution in [0.3, 0.4) is 0 Å². The normalized spacial score (nSPS) is 21.8. The molecule has 6 heteroatoms. The van der Waals surface area contributed by atoms with Gasteiger partial charge in [0.2, 0.25) is 5.91 Å². The third kappa shape index (κ3) is 3.97. The van der Waals surface area contributed by atoms with Gasteiger partial charge in [-0.2, -0.15) is 0 Å². The number of aliphatic carboxylic acids is 1. The summed E-state index contributed by atoms with van der Waals surface area (Å²) in [6.07, 6.45) is 3.77. The van der Waals surface area contributed by atoms with E-state index in [0.717, 1.165) is 31.4 Å². The van der Waals surface area contributed by atoms with Crippen LogP contribution in [-0.2, 0) is 4.79 Å². The Morgan fingerprint density at radius 2 is 2.05 bits per heavy atom. The predicted molar refractivity (Wildman–Crippen MR) is 84.2 cm³/mol. The lowest BCUT2D eigenvalue weighted by Crippen LogP contribution is -2.31. The van der Waals surface area contributed by atoms with Gasteiger partial charge in [-0.25, -0.2) is 0 Å². The number of primary amides is 1. The molecular formula is C15H19BrN2O3. The highest BCUT2D eigenvalue weighted by Gasteiger charge is 2.30. The second-order valence-electron chi connectivity index (χ2n) is 5.43. The number of nitrogens with one attached hydrogen (secondary N) is 1. The van der Waals surface area contributed by atoms with Crippen LogP contribution in [-0.4, -0.2) is 23.5 Å². The number of nitrogens with two attached hydrogens (primary N) is 1. The summed E-state index contributed by atoms with van der Waals surface area (Å²) in [5.41, 5.74) is 6.53. The summed E-state index contributed by atoms with van der Waals surface area (Å²) in [5.74, 6) is -1.30. The fraction of sp³-hybridized carbons (Fsp3) is 0.467. The number of carbonyl (C=O) groups excluding carboxylic acids is 1. The van der Waals surface area contributed by atoms with Gasteiger partial charge in [0.25, 0.3) is 0 Å². The first-order valence-corrected chi connectivity index (χ1v) is 7.84. The van der Waals surface area contributed by atoms with Crippen LogP contribution in [0, 0.1) is 11.8 Å². The Hall–Kier alpha value is -1.56. The van der Waals surface area contributed by atoms with Gasteiger partial charge in [0, 0.05) is 16.7 Å². The molecular weight excluding hydrogens is 336 g/mol. The van der Waals surface area contributed by atoms with Crippen molar-refractivity contribution in [2.75, 3.05) is 11.9 Å². The van der Waals surface area contributed by atoms with Crippen molar-refractivity contribution in [2.45, 2.75) is 25.7 Å². The summed E-state index contributed by atoms with van der Waals surface area (Å²) in [7, 11) is 0. The average molecular weight is 355 g/mol. The summed E-state index contributed by atoms with van der Waals surface area (Å²) >= 11 is 3.31. The third-order valence-corrected chi connectivity index (χ3v) is 4.69. The van der Waals surface area contributed by atoms with Gasteiger partial charge in [-0.15, -0.1) is 0 Å². The van der Waals surface area contributed by atoms with Crippen LogP contribution in [0.2, 0.25) is 0 Å². The standard InChI is InChI=1S/C15H19BrN2O3/c16-13-7-10(5-6-12(13)14(17)19)18-8-9-3-1-2-4-11(9)15(20)21/h5-7,9,11,18H,1-4,8H2,(H2,17,19)(H,20,21). The number of carboxylic acids is 1. The van der Waals surface area contributed by atoms with Crippen LogP contribution in [0.1, 0.15) is 36.0 Å². The molecule has 0 aromatic heterocycles. The van der Waals surface area contributed by atoms with E-state index in [4.69, 9.17) is 5.73 Å². The zero-order chi connectivity index (χ0) is 15.4. The minimum absolute atomic E-state index is 0.144. The molecule has 0 saturated heterocycles. The maximum atomic E-state index is 11.3. The van der Waals surface area contributed by atoms with Crippen molar-refractivity contribution in [2.24, 2.45) is 17.6 Å². The SMILES string of the molecule is NC(=O)c1ccc(NCC2CCCCC2C(=O)O)cc1Br. The Morgan fingerprint density at radius 1 is 1.33 bits per heavy atom. The van der Waals surface area contributed by atoms with Crippen molar-refractivity contribution in [3.8, 4) is 0 Å². The lowest BCUT2D eigenvalue weighted by atomic mass is 9.79. The molecule has 114 valence electrons. The highest BCUT2D eigenvalue weighted by molar-refractivity contribution is 9.10. The molecule has 1 aliphatic carbocycles. The molecule has 21 heavy (non-hydrogen) atoms. The molecule has 0 aliphatic heterocycles. The van der Waals surface area contributed by atoms with Gasteiger partial charge in [0.05, 0.1) is 11.5 Å². The highest BCUT2D eigenvalue weighted by atomic mass is 79.9. The Morgan fingerprint density at radius 3 is 2.67 bits per heavy atom. The largest absolute Gasteiger partial charge is 0.481 e. The molecule has 0 spiro atoms. The number of hydrogen-bond acceptors (Lipinski definition) is 3. The van der Waals surface area contributed by atoms with Crippen LogP contribution < -0.4 is 11.1 Å². The maximum Gasteiger partial charge on any atom is 0.306 e. The Kier molecular flexibility index (Phi) is 5.22. The smallest absolute Gasteiger partial charge is 0.306 e. The van der Waals surface area contributed by atoms with Crippen molar-refractivity contribution in [3.63, 3.8) is 0 Å². The molecule has 0 radical (unpaired) electrons. The van der Waals surface area contributed by atoms with Crippen LogP contribution in [0.15, 0.2) is 22.7 Å². The molecule has 2 rings (SSSR count). The first kappa shape index (κ1) is 15.8. The van der Waals surface area contributed by atoms with E-state index in [1.54, 1.807) is 18.2 Å². The molecule has 2 atom stereocenters. The van der Waals surface area contributed by atoms with E-state index in [-0.39, 0.29) is 11.8 Å². The van der Waals surface area contributed by atoms with Gasteiger partial charge in [-0.3, -0.25) is 9.59 Å². The molecule has 4 N–H and O–H groups in total. The van der Waals surface area contributed by atoms with E-state index in [1.165, 1.54) is 0 Å². The molecule has 2 unspecified atom stereocenters. The molecule has 1 aromatic carbocycles. The quantitative estimate of drug-likeness (QED) is 0.757. The van der Waals surface area contributed by atoms with Crippen LogP contribution in [0.25, 0.3) is 0 Å². The van der Waals surface area contributed by atoms with Gasteiger partial charge in [0.1, 0.15) is 0 Å². The molecule has 1 amide bonds. The first-order chi connectivity index (χ1) is 9.99. The number of carboxylic acid groups (broad SMARTS) is 1. The van der Waals surface area contributed by atoms with Gasteiger partial charge in [-0.1, -0.05) is 12.8 Å². The summed E-state index contributed by atoms with van der Waals surface area (Å²) in [6.45, 7) is 0.624. The molecule has 1 saturated carbocycles. The third-order valence-electron chi connectivity index (χ3n) is 4.03. The van der Waals surface area contributed by atoms with Gasteiger partial charge in [-0.05, 0) is 52.9 Å². The number of benzene rings is 1. The summed E-state index contributed by atoms with van der Waals surface area (Å²) < 4.78 is 0.637. The Balaban J connectivity index is 2.00. The fourth-order valence-electron chi connectivity index (χ4n) is 2.85. The molecule has 1 fully saturated rings. The van der Waals surface area contributed by atoms with E-state index in [2.05, 4.69) is 21.2 Å². The van der Waals surface area contributed by atoms with Crippen molar-refractivity contribution in [1.82, 2.24) is 0 Å². The van der Waals surface area contributed by atoms with Gasteiger partial charge < -0.3 is 16.2 Å². The summed E-state index contributed by atoms with van der Waals surface area (Å²) in [4.78, 5) is 22.4. The fourth-order valence-corrected chi connectivity index (χ4v) is 3.43. The van der Waals surface area contributed by atoms with E-state index >= 15 is 0 Å². The number of hydrogen-bond donors (Lipinski definition) is 3. The minimum Gasteiger partial charge on any atom is -0.481 e. The van der Waals surface area contributed by atoms with E-state index in [0.29, 0.717) is 16.6 Å². The average Bonchev–Trinajstić information content (AvgIpc) is 2.45. The minimum atomic E-state index is -0.702. The van der Waals surface area contributed by atoms with E-state index in [9.17, 15) is 14.7 Å². The van der Waals surface area contributed by atoms with Crippen molar-refractivity contribution in [3.05, 3.63) is 28.2 Å². The highest BCUT2D eigenvalue weighted by Crippen LogP contribution is 2.31. The number of amides is 1. The second-order valence-corrected chi connectivity index (χ2v) is 6.28. The zero-order valence-electron chi connectivity index (χ0n) is 11.6. The molecule has 5 nitrogen and oxygen atoms in total. The number of anilines is 1. The Bertz CT molecular complexity index is 548. The van der Waals surface area contributed by atoms with Gasteiger partial charge >= 0.3 is 5.97 Å². The monoisotopic (exact) mass is 354 g/mol.